The third kappa shape index (κ3) is 4.95. The number of hydrogen-bond acceptors (Lipinski definition) is 3. The summed E-state index contributed by atoms with van der Waals surface area (Å²) in [5.74, 6) is 0.257. The van der Waals surface area contributed by atoms with Gasteiger partial charge in [0.15, 0.2) is 0 Å². The van der Waals surface area contributed by atoms with Crippen LogP contribution in [0.2, 0.25) is 0 Å². The summed E-state index contributed by atoms with van der Waals surface area (Å²) in [4.78, 5) is 16.3. The number of likely N-dealkylation sites (tertiary alicyclic amines) is 1. The molecule has 1 aliphatic heterocycles. The second kappa shape index (κ2) is 5.77. The molecule has 6 nitrogen and oxygen atoms in total. The van der Waals surface area contributed by atoms with Crippen LogP contribution in [-0.2, 0) is 4.74 Å². The third-order valence-electron chi connectivity index (χ3n) is 2.57. The molecule has 1 fully saturated rings. The molecule has 17 heavy (non-hydrogen) atoms. The van der Waals surface area contributed by atoms with E-state index >= 15 is 0 Å². The van der Waals surface area contributed by atoms with Crippen molar-refractivity contribution in [3.8, 4) is 0 Å². The summed E-state index contributed by atoms with van der Waals surface area (Å²) in [6, 6.07) is 0. The molecule has 0 spiro atoms. The smallest absolute Gasteiger partial charge is 0.410 e. The average Bonchev–Trinajstić information content (AvgIpc) is 2.24. The molecule has 0 bridgehead atoms. The Bertz CT molecular complexity index is 318. The summed E-state index contributed by atoms with van der Waals surface area (Å²) in [5.41, 5.74) is 7.81. The van der Waals surface area contributed by atoms with Gasteiger partial charge in [-0.2, -0.15) is 0 Å². The van der Waals surface area contributed by atoms with E-state index in [1.165, 1.54) is 0 Å². The zero-order valence-electron chi connectivity index (χ0n) is 10.7. The fourth-order valence-corrected chi connectivity index (χ4v) is 1.86. The summed E-state index contributed by atoms with van der Waals surface area (Å²) in [6.07, 6.45) is 1.66. The van der Waals surface area contributed by atoms with Crippen LogP contribution >= 0.6 is 0 Å². The summed E-state index contributed by atoms with van der Waals surface area (Å²) >= 11 is 0. The van der Waals surface area contributed by atoms with E-state index in [4.69, 9.17) is 10.3 Å². The van der Waals surface area contributed by atoms with Crippen molar-refractivity contribution < 1.29 is 9.53 Å². The molecule has 0 aromatic carbocycles. The van der Waals surface area contributed by atoms with Crippen LogP contribution in [-0.4, -0.2) is 36.2 Å². The van der Waals surface area contributed by atoms with Crippen LogP contribution in [0.25, 0.3) is 10.4 Å². The van der Waals surface area contributed by atoms with E-state index in [2.05, 4.69) is 10.0 Å². The van der Waals surface area contributed by atoms with E-state index in [1.807, 2.05) is 20.8 Å². The van der Waals surface area contributed by atoms with Crippen molar-refractivity contribution in [1.82, 2.24) is 4.90 Å². The van der Waals surface area contributed by atoms with E-state index in [0.717, 1.165) is 19.4 Å². The standard InChI is InChI=1S/C11H20N4O2/c1-11(2,3)17-10(16)15-6-4-5-9(8-15)7-13-14-12/h9H,4-8H2,1-3H3/t9-/m1/s1. The molecular weight excluding hydrogens is 220 g/mol. The average molecular weight is 240 g/mol. The first-order valence-corrected chi connectivity index (χ1v) is 5.91. The predicted octanol–water partition coefficient (Wildman–Crippen LogP) is 2.94. The molecule has 1 atom stereocenters. The van der Waals surface area contributed by atoms with Gasteiger partial charge in [0.2, 0.25) is 0 Å². The number of piperidine rings is 1. The van der Waals surface area contributed by atoms with Gasteiger partial charge in [0.25, 0.3) is 0 Å². The SMILES string of the molecule is CC(C)(C)OC(=O)N1CCC[C@H](CN=[N+]=[N-])C1. The molecule has 0 saturated carbocycles. The number of ether oxygens (including phenoxy) is 1. The molecule has 1 rings (SSSR count). The highest BCUT2D eigenvalue weighted by Crippen LogP contribution is 2.19. The van der Waals surface area contributed by atoms with Crippen LogP contribution in [0.4, 0.5) is 4.79 Å². The van der Waals surface area contributed by atoms with Gasteiger partial charge in [-0.1, -0.05) is 5.11 Å². The van der Waals surface area contributed by atoms with Crippen molar-refractivity contribution in [1.29, 1.82) is 0 Å². The lowest BCUT2D eigenvalue weighted by Gasteiger charge is -2.33. The molecule has 96 valence electrons. The number of amides is 1. The highest BCUT2D eigenvalue weighted by molar-refractivity contribution is 5.68. The van der Waals surface area contributed by atoms with Gasteiger partial charge in [0.1, 0.15) is 5.60 Å². The minimum absolute atomic E-state index is 0.257. The molecule has 0 aliphatic carbocycles. The number of carbonyl (C=O) groups excluding carboxylic acids is 1. The lowest BCUT2D eigenvalue weighted by molar-refractivity contribution is 0.0170. The maximum absolute atomic E-state index is 11.8. The molecule has 1 heterocycles. The highest BCUT2D eigenvalue weighted by atomic mass is 16.6. The largest absolute Gasteiger partial charge is 0.444 e. The topological polar surface area (TPSA) is 78.3 Å². The second-order valence-electron chi connectivity index (χ2n) is 5.35. The van der Waals surface area contributed by atoms with Crippen LogP contribution in [0.5, 0.6) is 0 Å². The first kappa shape index (κ1) is 13.6. The molecule has 0 N–H and O–H groups in total. The zero-order chi connectivity index (χ0) is 12.9. The van der Waals surface area contributed by atoms with E-state index in [9.17, 15) is 4.79 Å². The Morgan fingerprint density at radius 2 is 2.29 bits per heavy atom. The predicted molar refractivity (Wildman–Crippen MR) is 64.5 cm³/mol. The second-order valence-corrected chi connectivity index (χ2v) is 5.35. The van der Waals surface area contributed by atoms with Crippen molar-refractivity contribution in [2.75, 3.05) is 19.6 Å². The first-order valence-electron chi connectivity index (χ1n) is 5.91. The van der Waals surface area contributed by atoms with Crippen LogP contribution in [0.3, 0.4) is 0 Å². The fraction of sp³-hybridized carbons (Fsp3) is 0.909. The normalized spacial score (nSPS) is 20.6. The molecule has 0 aromatic rings. The number of azide groups is 1. The minimum Gasteiger partial charge on any atom is -0.444 e. The fourth-order valence-electron chi connectivity index (χ4n) is 1.86. The number of carbonyl (C=O) groups is 1. The zero-order valence-corrected chi connectivity index (χ0v) is 10.7. The lowest BCUT2D eigenvalue weighted by Crippen LogP contribution is -2.43. The Balaban J connectivity index is 2.48. The monoisotopic (exact) mass is 240 g/mol. The summed E-state index contributed by atoms with van der Waals surface area (Å²) in [6.45, 7) is 7.36. The minimum atomic E-state index is -0.463. The van der Waals surface area contributed by atoms with E-state index < -0.39 is 5.60 Å². The van der Waals surface area contributed by atoms with Crippen molar-refractivity contribution in [3.05, 3.63) is 10.4 Å². The maximum Gasteiger partial charge on any atom is 0.410 e. The van der Waals surface area contributed by atoms with Crippen molar-refractivity contribution >= 4 is 6.09 Å². The van der Waals surface area contributed by atoms with Gasteiger partial charge in [-0.05, 0) is 45.1 Å². The highest BCUT2D eigenvalue weighted by Gasteiger charge is 2.27. The summed E-state index contributed by atoms with van der Waals surface area (Å²) in [7, 11) is 0. The Morgan fingerprint density at radius 1 is 1.59 bits per heavy atom. The van der Waals surface area contributed by atoms with Crippen molar-refractivity contribution in [2.24, 2.45) is 11.0 Å². The molecule has 1 saturated heterocycles. The Labute approximate surface area is 102 Å². The van der Waals surface area contributed by atoms with Gasteiger partial charge >= 0.3 is 6.09 Å². The molecule has 1 aliphatic rings. The molecule has 0 radical (unpaired) electrons. The molecule has 0 aromatic heterocycles. The van der Waals surface area contributed by atoms with Gasteiger partial charge in [0.05, 0.1) is 0 Å². The molecule has 0 unspecified atom stereocenters. The number of nitrogens with zero attached hydrogens (tertiary/aromatic N) is 4. The third-order valence-corrected chi connectivity index (χ3v) is 2.57. The van der Waals surface area contributed by atoms with Gasteiger partial charge in [-0.3, -0.25) is 0 Å². The summed E-state index contributed by atoms with van der Waals surface area (Å²) < 4.78 is 5.31. The van der Waals surface area contributed by atoms with Crippen LogP contribution < -0.4 is 0 Å². The van der Waals surface area contributed by atoms with Crippen molar-refractivity contribution in [2.45, 2.75) is 39.2 Å². The quantitative estimate of drug-likeness (QED) is 0.422. The molecular formula is C11H20N4O2. The van der Waals surface area contributed by atoms with Crippen LogP contribution in [0.1, 0.15) is 33.6 Å². The number of rotatable bonds is 2. The number of hydrogen-bond donors (Lipinski definition) is 0. The first-order chi connectivity index (χ1) is 7.92. The Hall–Kier alpha value is -1.42. The van der Waals surface area contributed by atoms with Gasteiger partial charge in [-0.25, -0.2) is 4.79 Å². The van der Waals surface area contributed by atoms with Crippen molar-refractivity contribution in [3.63, 3.8) is 0 Å². The molecule has 6 heteroatoms. The lowest BCUT2D eigenvalue weighted by atomic mass is 9.99. The van der Waals surface area contributed by atoms with E-state index in [1.54, 1.807) is 4.90 Å². The van der Waals surface area contributed by atoms with Gasteiger partial charge in [-0.15, -0.1) is 0 Å². The Morgan fingerprint density at radius 3 is 2.88 bits per heavy atom. The molecule has 1 amide bonds. The van der Waals surface area contributed by atoms with Gasteiger partial charge < -0.3 is 9.64 Å². The van der Waals surface area contributed by atoms with E-state index in [0.29, 0.717) is 13.1 Å². The summed E-state index contributed by atoms with van der Waals surface area (Å²) in [5, 5.41) is 3.57. The van der Waals surface area contributed by atoms with Crippen LogP contribution in [0, 0.1) is 5.92 Å². The maximum atomic E-state index is 11.8. The van der Waals surface area contributed by atoms with Gasteiger partial charge in [0, 0.05) is 24.5 Å². The Kier molecular flexibility index (Phi) is 4.63. The van der Waals surface area contributed by atoms with E-state index in [-0.39, 0.29) is 12.0 Å². The van der Waals surface area contributed by atoms with Crippen LogP contribution in [0.15, 0.2) is 5.11 Å².